The van der Waals surface area contributed by atoms with Gasteiger partial charge in [0.25, 0.3) is 0 Å². The van der Waals surface area contributed by atoms with Gasteiger partial charge in [-0.2, -0.15) is 0 Å². The summed E-state index contributed by atoms with van der Waals surface area (Å²) in [5, 5.41) is 23.5. The molecule has 0 saturated carbocycles. The van der Waals surface area contributed by atoms with E-state index in [1.165, 1.54) is 417 Å². The Hall–Kier alpha value is -1.40. The molecule has 0 aliphatic heterocycles. The number of rotatable bonds is 80. The number of hydrogen-bond donors (Lipinski definition) is 3. The van der Waals surface area contributed by atoms with Crippen LogP contribution in [-0.2, 0) is 14.3 Å². The van der Waals surface area contributed by atoms with Crippen molar-refractivity contribution in [2.75, 3.05) is 13.2 Å². The Morgan fingerprint density at radius 1 is 0.300 bits per heavy atom. The summed E-state index contributed by atoms with van der Waals surface area (Å²) in [5.74, 6) is -0.00140. The number of esters is 1. The van der Waals surface area contributed by atoms with Crippen molar-refractivity contribution >= 4 is 11.9 Å². The van der Waals surface area contributed by atoms with Crippen molar-refractivity contribution in [1.29, 1.82) is 0 Å². The Labute approximate surface area is 565 Å². The zero-order valence-electron chi connectivity index (χ0n) is 61.7. The number of carbonyl (C=O) groups excluding carboxylic acids is 2. The lowest BCUT2D eigenvalue weighted by Gasteiger charge is -2.22. The number of ether oxygens (including phenoxy) is 1. The average Bonchev–Trinajstić information content (AvgIpc) is 3.69. The van der Waals surface area contributed by atoms with Gasteiger partial charge >= 0.3 is 5.97 Å². The Bertz CT molecular complexity index is 1370. The first kappa shape index (κ1) is 88.6. The normalized spacial score (nSPS) is 12.4. The molecule has 0 aromatic carbocycles. The summed E-state index contributed by atoms with van der Waals surface area (Å²) in [6, 6.07) is -0.540. The predicted octanol–water partition coefficient (Wildman–Crippen LogP) is 27.8. The van der Waals surface area contributed by atoms with Crippen LogP contribution < -0.4 is 5.32 Å². The molecular weight excluding hydrogens is 1100 g/mol. The molecule has 0 fully saturated rings. The Balaban J connectivity index is 3.34. The monoisotopic (exact) mass is 1270 g/mol. The number of nitrogens with one attached hydrogen (secondary N) is 1. The first-order valence-electron chi connectivity index (χ1n) is 41.9. The van der Waals surface area contributed by atoms with Crippen LogP contribution in [0.3, 0.4) is 0 Å². The molecule has 2 unspecified atom stereocenters. The second-order valence-corrected chi connectivity index (χ2v) is 29.2. The lowest BCUT2D eigenvalue weighted by molar-refractivity contribution is -0.143. The van der Waals surface area contributed by atoms with Gasteiger partial charge in [0, 0.05) is 12.8 Å². The molecule has 0 radical (unpaired) electrons. The molecule has 0 aliphatic carbocycles. The second kappa shape index (κ2) is 80.0. The highest BCUT2D eigenvalue weighted by Crippen LogP contribution is 2.21. The number of hydrogen-bond acceptors (Lipinski definition) is 5. The maximum absolute atomic E-state index is 12.6. The zero-order chi connectivity index (χ0) is 64.9. The SMILES string of the molecule is CCCCCCCCCCCCCCCCCCCCCCCCCC(O)C(CO)NC(=O)CCCCCCCCCCCCCCCCCCC/C=C\CCCCCCCCCCCCCCOC(=O)CCCCCCCCCCCCCCCCCCC. The molecule has 0 aromatic rings. The summed E-state index contributed by atoms with van der Waals surface area (Å²) >= 11 is 0. The molecule has 536 valence electrons. The number of carbonyl (C=O) groups is 2. The van der Waals surface area contributed by atoms with Gasteiger partial charge < -0.3 is 20.3 Å². The van der Waals surface area contributed by atoms with Crippen LogP contribution in [0.4, 0.5) is 0 Å². The van der Waals surface area contributed by atoms with Gasteiger partial charge in [-0.3, -0.25) is 9.59 Å². The molecule has 3 N–H and O–H groups in total. The molecule has 6 nitrogen and oxygen atoms in total. The maximum atomic E-state index is 12.6. The van der Waals surface area contributed by atoms with Crippen molar-refractivity contribution in [1.82, 2.24) is 5.32 Å². The molecule has 0 heterocycles. The molecule has 0 rings (SSSR count). The van der Waals surface area contributed by atoms with E-state index in [9.17, 15) is 19.8 Å². The third-order valence-corrected chi connectivity index (χ3v) is 20.1. The number of aliphatic hydroxyl groups excluding tert-OH is 2. The molecule has 90 heavy (non-hydrogen) atoms. The molecule has 0 bridgehead atoms. The quantitative estimate of drug-likeness (QED) is 0.0320. The van der Waals surface area contributed by atoms with E-state index in [2.05, 4.69) is 31.3 Å². The Morgan fingerprint density at radius 2 is 0.522 bits per heavy atom. The van der Waals surface area contributed by atoms with Crippen LogP contribution >= 0.6 is 0 Å². The summed E-state index contributed by atoms with van der Waals surface area (Å²) in [7, 11) is 0. The van der Waals surface area contributed by atoms with Crippen LogP contribution in [0, 0.1) is 0 Å². The summed E-state index contributed by atoms with van der Waals surface area (Å²) in [6.07, 6.45) is 102. The smallest absolute Gasteiger partial charge is 0.305 e. The number of unbranched alkanes of at least 4 members (excludes halogenated alkanes) is 67. The average molecular weight is 1270 g/mol. The van der Waals surface area contributed by atoms with Crippen LogP contribution in [0.15, 0.2) is 12.2 Å². The largest absolute Gasteiger partial charge is 0.466 e. The minimum Gasteiger partial charge on any atom is -0.466 e. The van der Waals surface area contributed by atoms with Crippen LogP contribution in [0.5, 0.6) is 0 Å². The number of allylic oxidation sites excluding steroid dienone is 2. The van der Waals surface area contributed by atoms with Crippen molar-refractivity contribution in [3.8, 4) is 0 Å². The van der Waals surface area contributed by atoms with E-state index in [-0.39, 0.29) is 18.5 Å². The third kappa shape index (κ3) is 75.6. The van der Waals surface area contributed by atoms with E-state index in [1.807, 2.05) is 0 Å². The van der Waals surface area contributed by atoms with Crippen molar-refractivity contribution in [2.45, 2.75) is 501 Å². The van der Waals surface area contributed by atoms with Gasteiger partial charge in [-0.05, 0) is 51.4 Å². The minimum absolute atomic E-state index is 0.0241. The van der Waals surface area contributed by atoms with Gasteiger partial charge in [0.1, 0.15) is 0 Å². The third-order valence-electron chi connectivity index (χ3n) is 20.1. The summed E-state index contributed by atoms with van der Waals surface area (Å²) in [5.41, 5.74) is 0. The highest BCUT2D eigenvalue weighted by molar-refractivity contribution is 5.76. The van der Waals surface area contributed by atoms with E-state index in [0.717, 1.165) is 38.5 Å². The molecule has 1 amide bonds. The summed E-state index contributed by atoms with van der Waals surface area (Å²) < 4.78 is 5.52. The second-order valence-electron chi connectivity index (χ2n) is 29.2. The fraction of sp³-hybridized carbons (Fsp3) is 0.952. The van der Waals surface area contributed by atoms with Gasteiger partial charge in [-0.15, -0.1) is 0 Å². The van der Waals surface area contributed by atoms with Crippen molar-refractivity contribution in [3.05, 3.63) is 12.2 Å². The van der Waals surface area contributed by atoms with Crippen molar-refractivity contribution < 1.29 is 24.5 Å². The van der Waals surface area contributed by atoms with E-state index in [4.69, 9.17) is 4.74 Å². The highest BCUT2D eigenvalue weighted by Gasteiger charge is 2.20. The zero-order valence-corrected chi connectivity index (χ0v) is 61.7. The number of aliphatic hydroxyl groups is 2. The van der Waals surface area contributed by atoms with Crippen LogP contribution in [0.25, 0.3) is 0 Å². The summed E-state index contributed by atoms with van der Waals surface area (Å²) in [4.78, 5) is 24.7. The molecule has 6 heteroatoms. The Morgan fingerprint density at radius 3 is 0.789 bits per heavy atom. The number of amides is 1. The lowest BCUT2D eigenvalue weighted by Crippen LogP contribution is -2.45. The Kier molecular flexibility index (Phi) is 78.8. The van der Waals surface area contributed by atoms with E-state index in [0.29, 0.717) is 25.9 Å². The van der Waals surface area contributed by atoms with Gasteiger partial charge in [0.15, 0.2) is 0 Å². The molecule has 0 aromatic heterocycles. The molecule has 0 aliphatic rings. The maximum Gasteiger partial charge on any atom is 0.305 e. The first-order chi connectivity index (χ1) is 44.5. The van der Waals surface area contributed by atoms with Crippen molar-refractivity contribution in [2.24, 2.45) is 0 Å². The van der Waals surface area contributed by atoms with E-state index in [1.54, 1.807) is 0 Å². The molecule has 2 atom stereocenters. The topological polar surface area (TPSA) is 95.9 Å². The molecule has 0 saturated heterocycles. The predicted molar refractivity (Wildman–Crippen MR) is 398 cm³/mol. The van der Waals surface area contributed by atoms with Gasteiger partial charge in [0.05, 0.1) is 25.4 Å². The van der Waals surface area contributed by atoms with Gasteiger partial charge in [-0.25, -0.2) is 0 Å². The minimum atomic E-state index is -0.663. The molecule has 0 spiro atoms. The van der Waals surface area contributed by atoms with Gasteiger partial charge in [0.2, 0.25) is 5.91 Å². The van der Waals surface area contributed by atoms with Crippen LogP contribution in [0.1, 0.15) is 489 Å². The standard InChI is InChI=1S/C84H165NO5/c1-3-5-7-9-11-13-15-17-19-21-22-23-35-38-41-45-48-52-56-60-64-68-72-76-82(87)81(80-86)85-83(88)77-73-69-65-61-57-53-49-46-42-39-36-33-31-29-27-25-24-26-28-30-32-34-37-40-43-47-51-55-59-63-67-71-75-79-90-84(89)78-74-70-66-62-58-54-50-44-20-18-16-14-12-10-8-6-4-2/h28,30,81-82,86-87H,3-27,29,31-80H2,1-2H3,(H,85,88)/b30-28-. The highest BCUT2D eigenvalue weighted by atomic mass is 16.5. The van der Waals surface area contributed by atoms with E-state index >= 15 is 0 Å². The van der Waals surface area contributed by atoms with Crippen molar-refractivity contribution in [3.63, 3.8) is 0 Å². The van der Waals surface area contributed by atoms with E-state index < -0.39 is 12.1 Å². The fourth-order valence-electron chi connectivity index (χ4n) is 13.7. The van der Waals surface area contributed by atoms with Crippen LogP contribution in [0.2, 0.25) is 0 Å². The fourth-order valence-corrected chi connectivity index (χ4v) is 13.7. The summed E-state index contributed by atoms with van der Waals surface area (Å²) in [6.45, 7) is 5.02. The lowest BCUT2D eigenvalue weighted by atomic mass is 10.0. The van der Waals surface area contributed by atoms with Gasteiger partial charge in [-0.1, -0.05) is 437 Å². The molecular formula is C84H165NO5. The first-order valence-corrected chi connectivity index (χ1v) is 41.9. The van der Waals surface area contributed by atoms with Crippen LogP contribution in [-0.4, -0.2) is 47.4 Å².